The zero-order chi connectivity index (χ0) is 13.2. The number of nitrogens with one attached hydrogen (secondary N) is 1. The summed E-state index contributed by atoms with van der Waals surface area (Å²) in [4.78, 5) is 9.19. The second-order valence-corrected chi connectivity index (χ2v) is 5.29. The van der Waals surface area contributed by atoms with E-state index in [2.05, 4.69) is 15.3 Å². The minimum atomic E-state index is 0.625. The number of anilines is 1. The van der Waals surface area contributed by atoms with Crippen LogP contribution in [0.3, 0.4) is 0 Å². The Morgan fingerprint density at radius 1 is 1.26 bits per heavy atom. The molecule has 3 rings (SSSR count). The molecule has 3 nitrogen and oxygen atoms in total. The van der Waals surface area contributed by atoms with Gasteiger partial charge in [-0.05, 0) is 24.5 Å². The van der Waals surface area contributed by atoms with Crippen molar-refractivity contribution in [2.45, 2.75) is 25.2 Å². The molecular formula is C15H16ClN3. The molecule has 0 saturated heterocycles. The molecular weight excluding hydrogens is 258 g/mol. The molecule has 1 heterocycles. The zero-order valence-corrected chi connectivity index (χ0v) is 11.6. The van der Waals surface area contributed by atoms with Gasteiger partial charge in [0.15, 0.2) is 0 Å². The summed E-state index contributed by atoms with van der Waals surface area (Å²) in [5, 5.41) is 3.88. The van der Waals surface area contributed by atoms with E-state index < -0.39 is 0 Å². The average Bonchev–Trinajstić information content (AvgIpc) is 3.25. The van der Waals surface area contributed by atoms with Gasteiger partial charge in [0.05, 0.1) is 0 Å². The molecule has 0 aliphatic heterocycles. The third-order valence-electron chi connectivity index (χ3n) is 3.35. The predicted octanol–water partition coefficient (Wildman–Crippen LogP) is 3.64. The number of benzene rings is 1. The van der Waals surface area contributed by atoms with Gasteiger partial charge in [0.2, 0.25) is 0 Å². The molecule has 1 saturated carbocycles. The SMILES string of the molecule is CNc1cc(C2CC2)nc(Cc2ccccc2Cl)n1. The zero-order valence-electron chi connectivity index (χ0n) is 10.9. The van der Waals surface area contributed by atoms with Crippen molar-refractivity contribution in [3.05, 3.63) is 52.4 Å². The summed E-state index contributed by atoms with van der Waals surface area (Å²) in [7, 11) is 1.89. The van der Waals surface area contributed by atoms with Crippen LogP contribution in [0.15, 0.2) is 30.3 Å². The number of hydrogen-bond acceptors (Lipinski definition) is 3. The maximum absolute atomic E-state index is 6.19. The highest BCUT2D eigenvalue weighted by atomic mass is 35.5. The molecule has 1 aromatic heterocycles. The summed E-state index contributed by atoms with van der Waals surface area (Å²) in [6.45, 7) is 0. The van der Waals surface area contributed by atoms with E-state index in [1.165, 1.54) is 12.8 Å². The fourth-order valence-electron chi connectivity index (χ4n) is 2.13. The molecule has 1 N–H and O–H groups in total. The Labute approximate surface area is 118 Å². The topological polar surface area (TPSA) is 37.8 Å². The van der Waals surface area contributed by atoms with E-state index >= 15 is 0 Å². The maximum atomic E-state index is 6.19. The van der Waals surface area contributed by atoms with Gasteiger partial charge >= 0.3 is 0 Å². The van der Waals surface area contributed by atoms with Crippen molar-refractivity contribution in [2.24, 2.45) is 0 Å². The van der Waals surface area contributed by atoms with Crippen molar-refractivity contribution in [2.75, 3.05) is 12.4 Å². The normalized spacial score (nSPS) is 14.4. The van der Waals surface area contributed by atoms with Crippen LogP contribution in [-0.4, -0.2) is 17.0 Å². The lowest BCUT2D eigenvalue weighted by Crippen LogP contribution is -2.04. The van der Waals surface area contributed by atoms with Gasteiger partial charge in [0.1, 0.15) is 11.6 Å². The van der Waals surface area contributed by atoms with Crippen LogP contribution in [-0.2, 0) is 6.42 Å². The highest BCUT2D eigenvalue weighted by Gasteiger charge is 2.26. The Balaban J connectivity index is 1.91. The van der Waals surface area contributed by atoms with E-state index in [0.717, 1.165) is 27.9 Å². The number of halogens is 1. The minimum absolute atomic E-state index is 0.625. The molecule has 0 radical (unpaired) electrons. The number of aromatic nitrogens is 2. The largest absolute Gasteiger partial charge is 0.373 e. The standard InChI is InChI=1S/C15H16ClN3/c1-17-14-9-13(10-6-7-10)18-15(19-14)8-11-4-2-3-5-12(11)16/h2-5,9-10H,6-8H2,1H3,(H,17,18,19). The number of hydrogen-bond donors (Lipinski definition) is 1. The molecule has 0 atom stereocenters. The lowest BCUT2D eigenvalue weighted by molar-refractivity contribution is 0.901. The summed E-state index contributed by atoms with van der Waals surface area (Å²) in [6, 6.07) is 9.90. The Bertz CT molecular complexity index is 594. The highest BCUT2D eigenvalue weighted by molar-refractivity contribution is 6.31. The molecule has 1 aromatic carbocycles. The van der Waals surface area contributed by atoms with E-state index in [4.69, 9.17) is 11.6 Å². The molecule has 1 aliphatic carbocycles. The molecule has 4 heteroatoms. The van der Waals surface area contributed by atoms with Gasteiger partial charge in [-0.3, -0.25) is 0 Å². The van der Waals surface area contributed by atoms with Gasteiger partial charge in [-0.1, -0.05) is 29.8 Å². The van der Waals surface area contributed by atoms with E-state index in [0.29, 0.717) is 12.3 Å². The highest BCUT2D eigenvalue weighted by Crippen LogP contribution is 2.39. The molecule has 0 spiro atoms. The van der Waals surface area contributed by atoms with Crippen LogP contribution in [0.25, 0.3) is 0 Å². The first-order chi connectivity index (χ1) is 9.26. The fourth-order valence-corrected chi connectivity index (χ4v) is 2.33. The molecule has 19 heavy (non-hydrogen) atoms. The summed E-state index contributed by atoms with van der Waals surface area (Å²) >= 11 is 6.19. The second-order valence-electron chi connectivity index (χ2n) is 4.89. The van der Waals surface area contributed by atoms with E-state index in [9.17, 15) is 0 Å². The maximum Gasteiger partial charge on any atom is 0.135 e. The lowest BCUT2D eigenvalue weighted by atomic mass is 10.1. The predicted molar refractivity (Wildman–Crippen MR) is 77.8 cm³/mol. The van der Waals surface area contributed by atoms with Crippen LogP contribution in [0, 0.1) is 0 Å². The van der Waals surface area contributed by atoms with Gasteiger partial charge in [0.25, 0.3) is 0 Å². The summed E-state index contributed by atoms with van der Waals surface area (Å²) in [5.74, 6) is 2.35. The quantitative estimate of drug-likeness (QED) is 0.924. The van der Waals surface area contributed by atoms with Gasteiger partial charge in [0, 0.05) is 36.2 Å². The Kier molecular flexibility index (Phi) is 3.38. The first kappa shape index (κ1) is 12.4. The van der Waals surface area contributed by atoms with Crippen molar-refractivity contribution < 1.29 is 0 Å². The smallest absolute Gasteiger partial charge is 0.135 e. The van der Waals surface area contributed by atoms with Gasteiger partial charge in [-0.2, -0.15) is 0 Å². The Hall–Kier alpha value is -1.61. The third-order valence-corrected chi connectivity index (χ3v) is 3.72. The van der Waals surface area contributed by atoms with E-state index in [1.54, 1.807) is 0 Å². The number of nitrogens with zero attached hydrogens (tertiary/aromatic N) is 2. The summed E-state index contributed by atoms with van der Waals surface area (Å²) in [5.41, 5.74) is 2.22. The van der Waals surface area contributed by atoms with Crippen LogP contribution >= 0.6 is 11.6 Å². The summed E-state index contributed by atoms with van der Waals surface area (Å²) < 4.78 is 0. The molecule has 0 unspecified atom stereocenters. The van der Waals surface area contributed by atoms with Crippen LogP contribution in [0.4, 0.5) is 5.82 Å². The lowest BCUT2D eigenvalue weighted by Gasteiger charge is -2.08. The fraction of sp³-hybridized carbons (Fsp3) is 0.333. The van der Waals surface area contributed by atoms with E-state index in [1.807, 2.05) is 37.4 Å². The monoisotopic (exact) mass is 273 g/mol. The van der Waals surface area contributed by atoms with Gasteiger partial charge < -0.3 is 5.32 Å². The Morgan fingerprint density at radius 3 is 2.74 bits per heavy atom. The molecule has 2 aromatic rings. The number of rotatable bonds is 4. The minimum Gasteiger partial charge on any atom is -0.373 e. The van der Waals surface area contributed by atoms with Crippen molar-refractivity contribution >= 4 is 17.4 Å². The average molecular weight is 274 g/mol. The molecule has 98 valence electrons. The van der Waals surface area contributed by atoms with Crippen LogP contribution in [0.5, 0.6) is 0 Å². The van der Waals surface area contributed by atoms with Crippen molar-refractivity contribution in [1.82, 2.24) is 9.97 Å². The second kappa shape index (κ2) is 5.17. The summed E-state index contributed by atoms with van der Waals surface area (Å²) in [6.07, 6.45) is 3.16. The van der Waals surface area contributed by atoms with Crippen molar-refractivity contribution in [3.63, 3.8) is 0 Å². The molecule has 1 aliphatic rings. The first-order valence-electron chi connectivity index (χ1n) is 6.55. The molecule has 1 fully saturated rings. The van der Waals surface area contributed by atoms with E-state index in [-0.39, 0.29) is 0 Å². The third kappa shape index (κ3) is 2.87. The van der Waals surface area contributed by atoms with Crippen molar-refractivity contribution in [3.8, 4) is 0 Å². The first-order valence-corrected chi connectivity index (χ1v) is 6.93. The van der Waals surface area contributed by atoms with Gasteiger partial charge in [-0.25, -0.2) is 9.97 Å². The van der Waals surface area contributed by atoms with Crippen LogP contribution in [0.2, 0.25) is 5.02 Å². The Morgan fingerprint density at radius 2 is 2.05 bits per heavy atom. The van der Waals surface area contributed by atoms with Gasteiger partial charge in [-0.15, -0.1) is 0 Å². The van der Waals surface area contributed by atoms with Crippen molar-refractivity contribution in [1.29, 1.82) is 0 Å². The molecule has 0 bridgehead atoms. The molecule has 0 amide bonds. The van der Waals surface area contributed by atoms with Crippen LogP contribution < -0.4 is 5.32 Å². The van der Waals surface area contributed by atoms with Crippen LogP contribution in [0.1, 0.15) is 35.8 Å².